The average molecular weight is 135 g/mol. The van der Waals surface area contributed by atoms with Crippen LogP contribution in [0.5, 0.6) is 0 Å². The maximum atomic E-state index is 11.5. The highest BCUT2D eigenvalue weighted by atomic mass is 32.1. The van der Waals surface area contributed by atoms with Gasteiger partial charge >= 0.3 is 4.94 Å². The fourth-order valence-corrected chi connectivity index (χ4v) is 0.669. The van der Waals surface area contributed by atoms with E-state index >= 15 is 0 Å². The van der Waals surface area contributed by atoms with Gasteiger partial charge in [0.1, 0.15) is 0 Å². The second-order valence-electron chi connectivity index (χ2n) is 1.06. The molecular weight excluding hydrogens is 133 g/mol. The summed E-state index contributed by atoms with van der Waals surface area (Å²) in [4.78, 5) is 9.51. The van der Waals surface area contributed by atoms with Gasteiger partial charge < -0.3 is 4.42 Å². The van der Waals surface area contributed by atoms with Crippen LogP contribution < -0.4 is 4.94 Å². The molecule has 3 nitrogen and oxygen atoms in total. The molecular formula is C3H2FNO2S. The van der Waals surface area contributed by atoms with Crippen molar-refractivity contribution in [3.05, 3.63) is 15.6 Å². The predicted molar refractivity (Wildman–Crippen MR) is 25.5 cm³/mol. The first-order valence-electron chi connectivity index (χ1n) is 1.84. The molecule has 0 bridgehead atoms. The Labute approximate surface area is 47.9 Å². The molecule has 0 aliphatic rings. The first-order chi connectivity index (χ1) is 3.83. The van der Waals surface area contributed by atoms with E-state index in [0.717, 1.165) is 0 Å². The van der Waals surface area contributed by atoms with E-state index in [1.807, 2.05) is 0 Å². The van der Waals surface area contributed by atoms with Gasteiger partial charge in [-0.15, -0.1) is 4.37 Å². The van der Waals surface area contributed by atoms with E-state index in [1.54, 1.807) is 0 Å². The number of hydrogen-bond donors (Lipinski definition) is 0. The maximum Gasteiger partial charge on any atom is 0.414 e. The van der Waals surface area contributed by atoms with Gasteiger partial charge in [0.2, 0.25) is 5.89 Å². The minimum atomic E-state index is -0.807. The molecule has 0 amide bonds. The van der Waals surface area contributed by atoms with Crippen LogP contribution in [0.4, 0.5) is 4.39 Å². The Bertz CT molecular complexity index is 217. The van der Waals surface area contributed by atoms with Crippen LogP contribution >= 0.6 is 11.5 Å². The molecule has 0 aromatic carbocycles. The Morgan fingerprint density at radius 3 is 2.88 bits per heavy atom. The number of alkyl halides is 1. The molecule has 1 heterocycles. The minimum Gasteiger partial charge on any atom is -0.396 e. The number of aromatic nitrogens is 1. The van der Waals surface area contributed by atoms with Gasteiger partial charge in [-0.2, -0.15) is 0 Å². The second-order valence-corrected chi connectivity index (χ2v) is 1.76. The third-order valence-electron chi connectivity index (χ3n) is 0.537. The first kappa shape index (κ1) is 5.43. The quantitative estimate of drug-likeness (QED) is 0.565. The van der Waals surface area contributed by atoms with Crippen LogP contribution in [0.25, 0.3) is 0 Å². The van der Waals surface area contributed by atoms with Crippen molar-refractivity contribution in [2.75, 3.05) is 0 Å². The van der Waals surface area contributed by atoms with E-state index in [4.69, 9.17) is 0 Å². The van der Waals surface area contributed by atoms with Gasteiger partial charge in [0.15, 0.2) is 6.67 Å². The van der Waals surface area contributed by atoms with Crippen molar-refractivity contribution in [1.82, 2.24) is 4.37 Å². The summed E-state index contributed by atoms with van der Waals surface area (Å²) in [6, 6.07) is 0. The zero-order chi connectivity index (χ0) is 5.98. The van der Waals surface area contributed by atoms with Crippen LogP contribution in [0.3, 0.4) is 0 Å². The molecule has 1 aromatic heterocycles. The number of halogens is 1. The van der Waals surface area contributed by atoms with Gasteiger partial charge in [0.25, 0.3) is 0 Å². The van der Waals surface area contributed by atoms with Crippen molar-refractivity contribution < 1.29 is 8.81 Å². The van der Waals surface area contributed by atoms with Crippen LogP contribution in [-0.2, 0) is 6.67 Å². The molecule has 0 N–H and O–H groups in total. The van der Waals surface area contributed by atoms with Gasteiger partial charge in [0.05, 0.1) is 0 Å². The van der Waals surface area contributed by atoms with Crippen molar-refractivity contribution >= 4 is 11.5 Å². The summed E-state index contributed by atoms with van der Waals surface area (Å²) in [5, 5.41) is 0. The molecule has 0 spiro atoms. The van der Waals surface area contributed by atoms with Crippen LogP contribution in [0, 0.1) is 0 Å². The Morgan fingerprint density at radius 2 is 2.62 bits per heavy atom. The van der Waals surface area contributed by atoms with Crippen LogP contribution in [0.2, 0.25) is 0 Å². The molecule has 0 radical (unpaired) electrons. The fraction of sp³-hybridized carbons (Fsp3) is 0.333. The van der Waals surface area contributed by atoms with E-state index in [1.165, 1.54) is 0 Å². The topological polar surface area (TPSA) is 43.1 Å². The molecule has 0 aliphatic heterocycles. The number of nitrogens with zero attached hydrogens (tertiary/aromatic N) is 1. The highest BCUT2D eigenvalue weighted by Crippen LogP contribution is 1.93. The zero-order valence-corrected chi connectivity index (χ0v) is 4.57. The van der Waals surface area contributed by atoms with E-state index < -0.39 is 11.6 Å². The Balaban J connectivity index is 3.01. The molecule has 0 fully saturated rings. The average Bonchev–Trinajstić information content (AvgIpc) is 2.14. The van der Waals surface area contributed by atoms with Gasteiger partial charge in [-0.1, -0.05) is 0 Å². The lowest BCUT2D eigenvalue weighted by atomic mass is 10.8. The first-order valence-corrected chi connectivity index (χ1v) is 2.62. The Kier molecular flexibility index (Phi) is 1.38. The lowest BCUT2D eigenvalue weighted by Crippen LogP contribution is -1.82. The fourth-order valence-electron chi connectivity index (χ4n) is 0.273. The van der Waals surface area contributed by atoms with E-state index in [0.29, 0.717) is 11.5 Å². The molecule has 0 saturated heterocycles. The molecule has 1 rings (SSSR count). The van der Waals surface area contributed by atoms with Crippen molar-refractivity contribution in [1.29, 1.82) is 0 Å². The maximum absolute atomic E-state index is 11.5. The van der Waals surface area contributed by atoms with E-state index in [9.17, 15) is 9.18 Å². The summed E-state index contributed by atoms with van der Waals surface area (Å²) in [5.41, 5.74) is 0. The highest BCUT2D eigenvalue weighted by Gasteiger charge is 1.97. The molecule has 0 saturated carbocycles. The van der Waals surface area contributed by atoms with Crippen LogP contribution in [-0.4, -0.2) is 4.37 Å². The van der Waals surface area contributed by atoms with Crippen LogP contribution in [0.15, 0.2) is 9.21 Å². The summed E-state index contributed by atoms with van der Waals surface area (Å²) in [7, 11) is 0. The molecule has 0 aliphatic carbocycles. The minimum absolute atomic E-state index is 0.139. The molecule has 44 valence electrons. The lowest BCUT2D eigenvalue weighted by Gasteiger charge is -1.72. The molecule has 1 aromatic rings. The molecule has 5 heteroatoms. The van der Waals surface area contributed by atoms with Crippen molar-refractivity contribution in [3.63, 3.8) is 0 Å². The smallest absolute Gasteiger partial charge is 0.396 e. The van der Waals surface area contributed by atoms with Gasteiger partial charge in [-0.25, -0.2) is 9.18 Å². The third-order valence-corrected chi connectivity index (χ3v) is 1.06. The van der Waals surface area contributed by atoms with Crippen molar-refractivity contribution in [2.24, 2.45) is 0 Å². The monoisotopic (exact) mass is 135 g/mol. The van der Waals surface area contributed by atoms with Crippen molar-refractivity contribution in [2.45, 2.75) is 6.67 Å². The number of rotatable bonds is 1. The molecule has 8 heavy (non-hydrogen) atoms. The largest absolute Gasteiger partial charge is 0.414 e. The lowest BCUT2D eigenvalue weighted by molar-refractivity contribution is 0.369. The highest BCUT2D eigenvalue weighted by molar-refractivity contribution is 7.02. The standard InChI is InChI=1S/C3H2FNO2S/c4-1-2-5-8-3(6)7-2/h1H2. The van der Waals surface area contributed by atoms with E-state index in [-0.39, 0.29) is 5.89 Å². The third kappa shape index (κ3) is 0.919. The zero-order valence-electron chi connectivity index (χ0n) is 3.76. The molecule has 0 atom stereocenters. The molecule has 0 unspecified atom stereocenters. The van der Waals surface area contributed by atoms with Crippen LogP contribution in [0.1, 0.15) is 5.89 Å². The van der Waals surface area contributed by atoms with Gasteiger partial charge in [-0.05, 0) is 0 Å². The SMILES string of the molecule is O=c1oc(CF)ns1. The van der Waals surface area contributed by atoms with Gasteiger partial charge in [0, 0.05) is 11.5 Å². The second kappa shape index (κ2) is 2.04. The summed E-state index contributed by atoms with van der Waals surface area (Å²) in [6.07, 6.45) is 0. The summed E-state index contributed by atoms with van der Waals surface area (Å²) in [5.74, 6) is -0.139. The summed E-state index contributed by atoms with van der Waals surface area (Å²) in [6.45, 7) is -0.807. The summed E-state index contributed by atoms with van der Waals surface area (Å²) < 4.78 is 19.0. The Hall–Kier alpha value is -0.710. The van der Waals surface area contributed by atoms with E-state index in [2.05, 4.69) is 8.79 Å². The normalized spacial score (nSPS) is 9.62. The Morgan fingerprint density at radius 1 is 1.88 bits per heavy atom. The number of hydrogen-bond acceptors (Lipinski definition) is 4. The predicted octanol–water partition coefficient (Wildman–Crippen LogP) is 0.566. The van der Waals surface area contributed by atoms with Gasteiger partial charge in [-0.3, -0.25) is 0 Å². The van der Waals surface area contributed by atoms with Crippen molar-refractivity contribution in [3.8, 4) is 0 Å². The summed E-state index contributed by atoms with van der Waals surface area (Å²) >= 11 is 0.617.